The fourth-order valence-electron chi connectivity index (χ4n) is 2.22. The van der Waals surface area contributed by atoms with Crippen LogP contribution in [0.3, 0.4) is 0 Å². The van der Waals surface area contributed by atoms with Crippen LogP contribution in [0.2, 0.25) is 0 Å². The van der Waals surface area contributed by atoms with Crippen LogP contribution in [0.15, 0.2) is 11.4 Å². The standard InChI is InChI=1S/C15H23N3OS/c1-5-16-14-12-6-7-20-15(12)18-13(17-14)9-19-11(4)8-10(2)3/h6-7,10-11H,5,8-9H2,1-4H3,(H,16,17,18). The van der Waals surface area contributed by atoms with Gasteiger partial charge in [0.25, 0.3) is 0 Å². The monoisotopic (exact) mass is 293 g/mol. The summed E-state index contributed by atoms with van der Waals surface area (Å²) in [6.07, 6.45) is 1.29. The van der Waals surface area contributed by atoms with Crippen molar-refractivity contribution >= 4 is 27.4 Å². The first-order valence-corrected chi connectivity index (χ1v) is 8.07. The first kappa shape index (κ1) is 15.2. The Kier molecular flexibility index (Phi) is 5.31. The molecule has 0 aromatic carbocycles. The van der Waals surface area contributed by atoms with Crippen molar-refractivity contribution in [1.82, 2.24) is 9.97 Å². The highest BCUT2D eigenvalue weighted by atomic mass is 32.1. The second kappa shape index (κ2) is 6.99. The van der Waals surface area contributed by atoms with Gasteiger partial charge in [-0.15, -0.1) is 11.3 Å². The van der Waals surface area contributed by atoms with E-state index < -0.39 is 0 Å². The first-order chi connectivity index (χ1) is 9.60. The molecule has 0 spiro atoms. The predicted molar refractivity (Wildman–Crippen MR) is 85.3 cm³/mol. The van der Waals surface area contributed by atoms with Crippen LogP contribution in [0.4, 0.5) is 5.82 Å². The zero-order valence-corrected chi connectivity index (χ0v) is 13.5. The van der Waals surface area contributed by atoms with Gasteiger partial charge >= 0.3 is 0 Å². The molecular weight excluding hydrogens is 270 g/mol. The van der Waals surface area contributed by atoms with Crippen LogP contribution < -0.4 is 5.32 Å². The van der Waals surface area contributed by atoms with Crippen LogP contribution >= 0.6 is 11.3 Å². The van der Waals surface area contributed by atoms with Crippen LogP contribution in [0.5, 0.6) is 0 Å². The number of thiophene rings is 1. The van der Waals surface area contributed by atoms with Crippen LogP contribution in [0, 0.1) is 5.92 Å². The maximum atomic E-state index is 5.85. The van der Waals surface area contributed by atoms with Gasteiger partial charge in [0.1, 0.15) is 17.3 Å². The molecule has 0 bridgehead atoms. The van der Waals surface area contributed by atoms with Gasteiger partial charge in [0.2, 0.25) is 0 Å². The molecule has 5 heteroatoms. The van der Waals surface area contributed by atoms with Crippen molar-refractivity contribution in [2.45, 2.75) is 46.8 Å². The lowest BCUT2D eigenvalue weighted by molar-refractivity contribution is 0.0361. The summed E-state index contributed by atoms with van der Waals surface area (Å²) in [4.78, 5) is 10.2. The van der Waals surface area contributed by atoms with Crippen molar-refractivity contribution in [3.05, 3.63) is 17.3 Å². The van der Waals surface area contributed by atoms with Gasteiger partial charge in [0, 0.05) is 6.54 Å². The summed E-state index contributed by atoms with van der Waals surface area (Å²) in [5, 5.41) is 6.44. The van der Waals surface area contributed by atoms with E-state index in [0.29, 0.717) is 12.5 Å². The van der Waals surface area contributed by atoms with E-state index in [1.165, 1.54) is 0 Å². The predicted octanol–water partition coefficient (Wildman–Crippen LogP) is 4.07. The highest BCUT2D eigenvalue weighted by Gasteiger charge is 2.10. The first-order valence-electron chi connectivity index (χ1n) is 7.19. The number of rotatable bonds is 7. The van der Waals surface area contributed by atoms with E-state index in [0.717, 1.165) is 34.8 Å². The lowest BCUT2D eigenvalue weighted by Gasteiger charge is -2.15. The average molecular weight is 293 g/mol. The Hall–Kier alpha value is -1.20. The van der Waals surface area contributed by atoms with Gasteiger partial charge in [0.15, 0.2) is 5.82 Å². The van der Waals surface area contributed by atoms with Crippen molar-refractivity contribution in [2.75, 3.05) is 11.9 Å². The number of ether oxygens (including phenoxy) is 1. The van der Waals surface area contributed by atoms with E-state index >= 15 is 0 Å². The second-order valence-electron chi connectivity index (χ2n) is 5.41. The molecule has 0 fully saturated rings. The number of aromatic nitrogens is 2. The third kappa shape index (κ3) is 3.90. The number of anilines is 1. The minimum absolute atomic E-state index is 0.236. The molecule has 0 saturated heterocycles. The van der Waals surface area contributed by atoms with Crippen molar-refractivity contribution in [2.24, 2.45) is 5.92 Å². The molecule has 0 saturated carbocycles. The summed E-state index contributed by atoms with van der Waals surface area (Å²) < 4.78 is 5.85. The fourth-order valence-corrected chi connectivity index (χ4v) is 3.00. The Morgan fingerprint density at radius 2 is 2.10 bits per heavy atom. The van der Waals surface area contributed by atoms with Crippen LogP contribution in [0.25, 0.3) is 10.2 Å². The summed E-state index contributed by atoms with van der Waals surface area (Å²) in [5.74, 6) is 2.31. The number of fused-ring (bicyclic) bond motifs is 1. The summed E-state index contributed by atoms with van der Waals surface area (Å²) in [6.45, 7) is 9.91. The SMILES string of the molecule is CCNc1nc(COC(C)CC(C)C)nc2sccc12. The Morgan fingerprint density at radius 3 is 2.80 bits per heavy atom. The van der Waals surface area contributed by atoms with Crippen molar-refractivity contribution in [3.63, 3.8) is 0 Å². The summed E-state index contributed by atoms with van der Waals surface area (Å²) in [6, 6.07) is 2.06. The minimum Gasteiger partial charge on any atom is -0.371 e. The molecule has 110 valence electrons. The number of nitrogens with one attached hydrogen (secondary N) is 1. The molecule has 2 aromatic rings. The average Bonchev–Trinajstić information content (AvgIpc) is 2.84. The van der Waals surface area contributed by atoms with Gasteiger partial charge in [0.05, 0.1) is 11.5 Å². The third-order valence-corrected chi connectivity index (χ3v) is 3.82. The van der Waals surface area contributed by atoms with E-state index in [1.807, 2.05) is 5.38 Å². The zero-order chi connectivity index (χ0) is 14.5. The zero-order valence-electron chi connectivity index (χ0n) is 12.6. The molecular formula is C15H23N3OS. The third-order valence-electron chi connectivity index (χ3n) is 3.02. The maximum absolute atomic E-state index is 5.85. The van der Waals surface area contributed by atoms with E-state index in [4.69, 9.17) is 4.74 Å². The molecule has 0 radical (unpaired) electrons. The molecule has 4 nitrogen and oxygen atoms in total. The Balaban J connectivity index is 2.09. The number of hydrogen-bond acceptors (Lipinski definition) is 5. The van der Waals surface area contributed by atoms with Crippen LogP contribution in [-0.2, 0) is 11.3 Å². The van der Waals surface area contributed by atoms with Gasteiger partial charge in [-0.2, -0.15) is 0 Å². The van der Waals surface area contributed by atoms with E-state index in [-0.39, 0.29) is 6.10 Å². The lowest BCUT2D eigenvalue weighted by atomic mass is 10.1. The van der Waals surface area contributed by atoms with Crippen molar-refractivity contribution in [1.29, 1.82) is 0 Å². The van der Waals surface area contributed by atoms with Gasteiger partial charge in [-0.25, -0.2) is 9.97 Å². The molecule has 2 aromatic heterocycles. The maximum Gasteiger partial charge on any atom is 0.158 e. The Bertz CT molecular complexity index is 553. The van der Waals surface area contributed by atoms with Gasteiger partial charge in [-0.3, -0.25) is 0 Å². The quantitative estimate of drug-likeness (QED) is 0.835. The normalized spacial score (nSPS) is 13.1. The number of hydrogen-bond donors (Lipinski definition) is 1. The largest absolute Gasteiger partial charge is 0.371 e. The van der Waals surface area contributed by atoms with Gasteiger partial charge in [-0.1, -0.05) is 13.8 Å². The molecule has 0 aliphatic heterocycles. The van der Waals surface area contributed by atoms with Crippen LogP contribution in [0.1, 0.15) is 39.9 Å². The van der Waals surface area contributed by atoms with Crippen LogP contribution in [-0.4, -0.2) is 22.6 Å². The lowest BCUT2D eigenvalue weighted by Crippen LogP contribution is -2.13. The molecule has 1 N–H and O–H groups in total. The highest BCUT2D eigenvalue weighted by Crippen LogP contribution is 2.25. The van der Waals surface area contributed by atoms with Gasteiger partial charge in [-0.05, 0) is 37.6 Å². The molecule has 1 atom stereocenters. The summed E-state index contributed by atoms with van der Waals surface area (Å²) in [5.41, 5.74) is 0. The van der Waals surface area contributed by atoms with Gasteiger partial charge < -0.3 is 10.1 Å². The topological polar surface area (TPSA) is 47.0 Å². The van der Waals surface area contributed by atoms with Crippen molar-refractivity contribution < 1.29 is 4.74 Å². The Morgan fingerprint density at radius 1 is 1.30 bits per heavy atom. The van der Waals surface area contributed by atoms with E-state index in [1.54, 1.807) is 11.3 Å². The highest BCUT2D eigenvalue weighted by molar-refractivity contribution is 7.16. The fraction of sp³-hybridized carbons (Fsp3) is 0.600. The van der Waals surface area contributed by atoms with E-state index in [9.17, 15) is 0 Å². The molecule has 2 heterocycles. The smallest absolute Gasteiger partial charge is 0.158 e. The number of nitrogens with zero attached hydrogens (tertiary/aromatic N) is 2. The molecule has 1 unspecified atom stereocenters. The summed E-state index contributed by atoms with van der Waals surface area (Å²) >= 11 is 1.64. The van der Waals surface area contributed by atoms with Crippen molar-refractivity contribution in [3.8, 4) is 0 Å². The minimum atomic E-state index is 0.236. The van der Waals surface area contributed by atoms with E-state index in [2.05, 4.69) is 49.0 Å². The molecule has 0 aliphatic carbocycles. The molecule has 2 rings (SSSR count). The second-order valence-corrected chi connectivity index (χ2v) is 6.30. The molecule has 0 amide bonds. The summed E-state index contributed by atoms with van der Waals surface area (Å²) in [7, 11) is 0. The molecule has 0 aliphatic rings. The Labute approximate surface area is 124 Å². The molecule has 20 heavy (non-hydrogen) atoms.